The fourth-order valence-electron chi connectivity index (χ4n) is 3.99. The monoisotopic (exact) mass is 556 g/mol. The predicted octanol–water partition coefficient (Wildman–Crippen LogP) is 9.22. The van der Waals surface area contributed by atoms with Gasteiger partial charge in [-0.1, -0.05) is 113 Å². The Kier molecular flexibility index (Phi) is 19.7. The molecule has 6 heteroatoms. The number of halogens is 2. The number of benzene rings is 1. The van der Waals surface area contributed by atoms with E-state index < -0.39 is 5.97 Å². The van der Waals surface area contributed by atoms with Crippen LogP contribution in [0.25, 0.3) is 0 Å². The number of unbranched alkanes of at least 4 members (excludes halogenated alkanes) is 14. The first-order valence-electron chi connectivity index (χ1n) is 13.8. The number of hydrogen-bond donors (Lipinski definition) is 0. The van der Waals surface area contributed by atoms with E-state index in [1.54, 1.807) is 6.07 Å². The molecule has 0 atom stereocenters. The topological polar surface area (TPSA) is 52.6 Å². The van der Waals surface area contributed by atoms with E-state index in [4.69, 9.17) is 9.47 Å². The molecule has 0 fully saturated rings. The van der Waals surface area contributed by atoms with Crippen molar-refractivity contribution >= 4 is 27.9 Å². The molecule has 0 amide bonds. The predicted molar refractivity (Wildman–Crippen MR) is 144 cm³/mol. The third kappa shape index (κ3) is 18.5. The van der Waals surface area contributed by atoms with Gasteiger partial charge in [-0.3, -0.25) is 9.59 Å². The molecule has 0 aromatic heterocycles. The summed E-state index contributed by atoms with van der Waals surface area (Å²) in [5.41, 5.74) is 0.571. The lowest BCUT2D eigenvalue weighted by Crippen LogP contribution is -2.09. The summed E-state index contributed by atoms with van der Waals surface area (Å²) in [5, 5.41) is 0. The molecule has 0 N–H and O–H groups in total. The van der Waals surface area contributed by atoms with Crippen LogP contribution in [0, 0.1) is 5.82 Å². The second kappa shape index (κ2) is 21.8. The van der Waals surface area contributed by atoms with Crippen LogP contribution in [0.15, 0.2) is 22.7 Å². The van der Waals surface area contributed by atoms with Crippen LogP contribution in [0.3, 0.4) is 0 Å². The van der Waals surface area contributed by atoms with Gasteiger partial charge in [0.1, 0.15) is 12.4 Å². The zero-order chi connectivity index (χ0) is 25.6. The molecule has 0 aliphatic heterocycles. The highest BCUT2D eigenvalue weighted by Crippen LogP contribution is 2.19. The van der Waals surface area contributed by atoms with Gasteiger partial charge in [0.25, 0.3) is 0 Å². The van der Waals surface area contributed by atoms with Crippen LogP contribution >= 0.6 is 15.9 Å². The highest BCUT2D eigenvalue weighted by Gasteiger charge is 2.09. The van der Waals surface area contributed by atoms with Gasteiger partial charge in [0.2, 0.25) is 0 Å². The lowest BCUT2D eigenvalue weighted by molar-refractivity contribution is -0.146. The molecule has 1 aromatic rings. The Bertz CT molecular complexity index is 695. The second-order valence-electron chi connectivity index (χ2n) is 9.42. The van der Waals surface area contributed by atoms with Crippen molar-refractivity contribution in [2.75, 3.05) is 6.61 Å². The van der Waals surface area contributed by atoms with E-state index in [-0.39, 0.29) is 31.2 Å². The van der Waals surface area contributed by atoms with Gasteiger partial charge < -0.3 is 9.47 Å². The minimum Gasteiger partial charge on any atom is -0.466 e. The third-order valence-electron chi connectivity index (χ3n) is 6.17. The third-order valence-corrected chi connectivity index (χ3v) is 6.94. The largest absolute Gasteiger partial charge is 0.466 e. The molecule has 1 aromatic carbocycles. The summed E-state index contributed by atoms with van der Waals surface area (Å²) in [5.74, 6) is -1.05. The quantitative estimate of drug-likeness (QED) is 0.105. The Balaban J connectivity index is 1.85. The molecule has 35 heavy (non-hydrogen) atoms. The zero-order valence-corrected chi connectivity index (χ0v) is 23.3. The summed E-state index contributed by atoms with van der Waals surface area (Å²) in [4.78, 5) is 23.6. The van der Waals surface area contributed by atoms with Crippen LogP contribution in [0.5, 0.6) is 0 Å². The summed E-state index contributed by atoms with van der Waals surface area (Å²) in [6.07, 6.45) is 20.3. The SMILES string of the molecule is CCCCCCCCCCCCCCCCCOC(=O)CCCC(=O)OCc1cc(F)ccc1Br. The van der Waals surface area contributed by atoms with E-state index >= 15 is 0 Å². The molecular formula is C29H46BrFO4. The van der Waals surface area contributed by atoms with E-state index in [2.05, 4.69) is 22.9 Å². The van der Waals surface area contributed by atoms with Crippen molar-refractivity contribution in [3.8, 4) is 0 Å². The Morgan fingerprint density at radius 1 is 0.714 bits per heavy atom. The molecule has 0 aliphatic carbocycles. The van der Waals surface area contributed by atoms with Crippen molar-refractivity contribution in [1.29, 1.82) is 0 Å². The normalized spacial score (nSPS) is 10.9. The Hall–Kier alpha value is -1.43. The molecule has 0 unspecified atom stereocenters. The van der Waals surface area contributed by atoms with E-state index in [9.17, 15) is 14.0 Å². The summed E-state index contributed by atoms with van der Waals surface area (Å²) >= 11 is 3.30. The zero-order valence-electron chi connectivity index (χ0n) is 21.8. The van der Waals surface area contributed by atoms with Crippen LogP contribution in [-0.4, -0.2) is 18.5 Å². The van der Waals surface area contributed by atoms with Crippen molar-refractivity contribution in [2.45, 2.75) is 129 Å². The smallest absolute Gasteiger partial charge is 0.306 e. The maximum absolute atomic E-state index is 13.3. The standard InChI is InChI=1S/C29H46BrFO4/c1-2-3-4-5-6-7-8-9-10-11-12-13-14-15-16-22-34-28(32)18-17-19-29(33)35-24-25-23-26(31)20-21-27(25)30/h20-21,23H,2-19,22,24H2,1H3. The molecule has 0 saturated carbocycles. The minimum absolute atomic E-state index is 0.000810. The van der Waals surface area contributed by atoms with Gasteiger partial charge in [0.05, 0.1) is 6.61 Å². The molecule has 0 heterocycles. The average Bonchev–Trinajstić information content (AvgIpc) is 2.84. The van der Waals surface area contributed by atoms with Gasteiger partial charge in [0.15, 0.2) is 0 Å². The van der Waals surface area contributed by atoms with Gasteiger partial charge in [0, 0.05) is 22.9 Å². The van der Waals surface area contributed by atoms with E-state index in [0.29, 0.717) is 23.1 Å². The average molecular weight is 558 g/mol. The molecule has 0 saturated heterocycles. The molecule has 0 radical (unpaired) electrons. The molecular weight excluding hydrogens is 511 g/mol. The van der Waals surface area contributed by atoms with E-state index in [0.717, 1.165) is 12.8 Å². The number of carbonyl (C=O) groups excluding carboxylic acids is 2. The fourth-order valence-corrected chi connectivity index (χ4v) is 4.35. The molecule has 1 rings (SSSR count). The Labute approximate surface area is 220 Å². The summed E-state index contributed by atoms with van der Waals surface area (Å²) in [6, 6.07) is 4.24. The lowest BCUT2D eigenvalue weighted by Gasteiger charge is -2.07. The van der Waals surface area contributed by atoms with Gasteiger partial charge in [-0.15, -0.1) is 0 Å². The van der Waals surface area contributed by atoms with Gasteiger partial charge >= 0.3 is 11.9 Å². The maximum atomic E-state index is 13.3. The molecule has 0 spiro atoms. The number of ether oxygens (including phenoxy) is 2. The summed E-state index contributed by atoms with van der Waals surface area (Å²) in [6.45, 7) is 2.72. The Morgan fingerprint density at radius 3 is 1.74 bits per heavy atom. The van der Waals surface area contributed by atoms with Crippen LogP contribution in [0.2, 0.25) is 0 Å². The molecule has 200 valence electrons. The second-order valence-corrected chi connectivity index (χ2v) is 10.3. The Morgan fingerprint density at radius 2 is 1.20 bits per heavy atom. The van der Waals surface area contributed by atoms with Gasteiger partial charge in [-0.05, 0) is 31.0 Å². The first kappa shape index (κ1) is 31.6. The van der Waals surface area contributed by atoms with Crippen LogP contribution < -0.4 is 0 Å². The lowest BCUT2D eigenvalue weighted by atomic mass is 10.0. The molecule has 0 bridgehead atoms. The van der Waals surface area contributed by atoms with Crippen LogP contribution in [0.4, 0.5) is 4.39 Å². The number of hydrogen-bond acceptors (Lipinski definition) is 4. The highest BCUT2D eigenvalue weighted by molar-refractivity contribution is 9.10. The number of esters is 2. The summed E-state index contributed by atoms with van der Waals surface area (Å²) < 4.78 is 24.4. The van der Waals surface area contributed by atoms with E-state index in [1.807, 2.05) is 0 Å². The summed E-state index contributed by atoms with van der Waals surface area (Å²) in [7, 11) is 0. The van der Waals surface area contributed by atoms with Gasteiger partial charge in [-0.25, -0.2) is 4.39 Å². The molecule has 4 nitrogen and oxygen atoms in total. The van der Waals surface area contributed by atoms with Crippen molar-refractivity contribution < 1.29 is 23.5 Å². The van der Waals surface area contributed by atoms with E-state index in [1.165, 1.54) is 95.6 Å². The van der Waals surface area contributed by atoms with Crippen LogP contribution in [-0.2, 0) is 25.7 Å². The van der Waals surface area contributed by atoms with Crippen molar-refractivity contribution in [3.05, 3.63) is 34.1 Å². The highest BCUT2D eigenvalue weighted by atomic mass is 79.9. The first-order chi connectivity index (χ1) is 17.0. The first-order valence-corrected chi connectivity index (χ1v) is 14.6. The number of rotatable bonds is 22. The van der Waals surface area contributed by atoms with Crippen molar-refractivity contribution in [2.24, 2.45) is 0 Å². The molecule has 0 aliphatic rings. The maximum Gasteiger partial charge on any atom is 0.306 e. The van der Waals surface area contributed by atoms with Gasteiger partial charge in [-0.2, -0.15) is 0 Å². The fraction of sp³-hybridized carbons (Fsp3) is 0.724. The number of carbonyl (C=O) groups is 2. The van der Waals surface area contributed by atoms with Crippen molar-refractivity contribution in [3.63, 3.8) is 0 Å². The minimum atomic E-state index is -0.406. The van der Waals surface area contributed by atoms with Crippen LogP contribution in [0.1, 0.15) is 128 Å². The van der Waals surface area contributed by atoms with Crippen molar-refractivity contribution in [1.82, 2.24) is 0 Å².